The van der Waals surface area contributed by atoms with Crippen molar-refractivity contribution in [3.05, 3.63) is 101 Å². The standard InChI is InChI=1S/C27H29ClN2O2S/c1-2-17-29-27(32)25(18-21-9-5-3-6-10-21)30(19-22-13-15-23(28)16-14-22)26(31)20-33-24-11-7-4-8-12-24/h3-16,25H,2,17-20H2,1H3,(H,29,32)/t25-/m1/s1. The molecule has 0 radical (unpaired) electrons. The van der Waals surface area contributed by atoms with Crippen LogP contribution in [-0.4, -0.2) is 35.1 Å². The van der Waals surface area contributed by atoms with Gasteiger partial charge in [-0.05, 0) is 41.8 Å². The summed E-state index contributed by atoms with van der Waals surface area (Å²) in [5.41, 5.74) is 1.94. The number of benzene rings is 3. The van der Waals surface area contributed by atoms with E-state index in [0.717, 1.165) is 22.4 Å². The van der Waals surface area contributed by atoms with Gasteiger partial charge in [-0.15, -0.1) is 11.8 Å². The molecule has 0 aromatic heterocycles. The van der Waals surface area contributed by atoms with Gasteiger partial charge >= 0.3 is 0 Å². The summed E-state index contributed by atoms with van der Waals surface area (Å²) in [5.74, 6) is 0.0448. The van der Waals surface area contributed by atoms with Crippen LogP contribution < -0.4 is 5.32 Å². The topological polar surface area (TPSA) is 49.4 Å². The molecule has 0 heterocycles. The minimum Gasteiger partial charge on any atom is -0.354 e. The van der Waals surface area contributed by atoms with E-state index in [1.54, 1.807) is 4.90 Å². The number of rotatable bonds is 11. The van der Waals surface area contributed by atoms with Gasteiger partial charge < -0.3 is 10.2 Å². The summed E-state index contributed by atoms with van der Waals surface area (Å²) in [6, 6.07) is 26.5. The number of thioether (sulfide) groups is 1. The fraction of sp³-hybridized carbons (Fsp3) is 0.259. The van der Waals surface area contributed by atoms with Crippen molar-refractivity contribution in [1.82, 2.24) is 10.2 Å². The normalized spacial score (nSPS) is 11.6. The minimum atomic E-state index is -0.612. The summed E-state index contributed by atoms with van der Waals surface area (Å²) < 4.78 is 0. The Labute approximate surface area is 205 Å². The Hall–Kier alpha value is -2.76. The molecular weight excluding hydrogens is 452 g/mol. The molecule has 0 unspecified atom stereocenters. The fourth-order valence-electron chi connectivity index (χ4n) is 3.45. The molecular formula is C27H29ClN2O2S. The van der Waals surface area contributed by atoms with E-state index in [9.17, 15) is 9.59 Å². The predicted molar refractivity (Wildman–Crippen MR) is 136 cm³/mol. The van der Waals surface area contributed by atoms with Crippen LogP contribution in [0.15, 0.2) is 89.8 Å². The lowest BCUT2D eigenvalue weighted by Crippen LogP contribution is -2.51. The van der Waals surface area contributed by atoms with Crippen molar-refractivity contribution in [2.45, 2.75) is 37.2 Å². The van der Waals surface area contributed by atoms with Crippen LogP contribution in [0.1, 0.15) is 24.5 Å². The summed E-state index contributed by atoms with van der Waals surface area (Å²) in [4.78, 5) is 29.5. The van der Waals surface area contributed by atoms with Crippen LogP contribution in [0, 0.1) is 0 Å². The number of halogens is 1. The molecule has 0 bridgehead atoms. The maximum atomic E-state index is 13.5. The van der Waals surface area contributed by atoms with Crippen molar-refractivity contribution in [1.29, 1.82) is 0 Å². The molecule has 0 saturated heterocycles. The van der Waals surface area contributed by atoms with Gasteiger partial charge in [-0.25, -0.2) is 0 Å². The Morgan fingerprint density at radius 1 is 0.909 bits per heavy atom. The first-order chi connectivity index (χ1) is 16.1. The van der Waals surface area contributed by atoms with Crippen molar-refractivity contribution in [2.75, 3.05) is 12.3 Å². The second-order valence-electron chi connectivity index (χ2n) is 7.75. The number of hydrogen-bond donors (Lipinski definition) is 1. The van der Waals surface area contributed by atoms with E-state index >= 15 is 0 Å². The molecule has 0 aliphatic heterocycles. The summed E-state index contributed by atoms with van der Waals surface area (Å²) in [7, 11) is 0. The zero-order chi connectivity index (χ0) is 23.5. The average molecular weight is 481 g/mol. The van der Waals surface area contributed by atoms with Crippen LogP contribution in [0.5, 0.6) is 0 Å². The van der Waals surface area contributed by atoms with E-state index in [1.165, 1.54) is 11.8 Å². The van der Waals surface area contributed by atoms with E-state index in [-0.39, 0.29) is 17.6 Å². The zero-order valence-electron chi connectivity index (χ0n) is 18.7. The average Bonchev–Trinajstić information content (AvgIpc) is 2.85. The van der Waals surface area contributed by atoms with Crippen LogP contribution in [0.4, 0.5) is 0 Å². The highest BCUT2D eigenvalue weighted by Gasteiger charge is 2.30. The van der Waals surface area contributed by atoms with Crippen LogP contribution in [0.25, 0.3) is 0 Å². The van der Waals surface area contributed by atoms with E-state index in [0.29, 0.717) is 24.5 Å². The van der Waals surface area contributed by atoms with E-state index in [1.807, 2.05) is 91.9 Å². The smallest absolute Gasteiger partial charge is 0.243 e. The number of hydrogen-bond acceptors (Lipinski definition) is 3. The number of nitrogens with zero attached hydrogens (tertiary/aromatic N) is 1. The maximum absolute atomic E-state index is 13.5. The zero-order valence-corrected chi connectivity index (χ0v) is 20.3. The minimum absolute atomic E-state index is 0.0774. The molecule has 0 spiro atoms. The highest BCUT2D eigenvalue weighted by Crippen LogP contribution is 2.21. The largest absolute Gasteiger partial charge is 0.354 e. The Balaban J connectivity index is 1.87. The third kappa shape index (κ3) is 7.95. The summed E-state index contributed by atoms with van der Waals surface area (Å²) in [6.07, 6.45) is 1.28. The SMILES string of the molecule is CCCNC(=O)[C@@H](Cc1ccccc1)N(Cc1ccc(Cl)cc1)C(=O)CSc1ccccc1. The molecule has 1 N–H and O–H groups in total. The maximum Gasteiger partial charge on any atom is 0.243 e. The Bertz CT molecular complexity index is 1010. The highest BCUT2D eigenvalue weighted by molar-refractivity contribution is 8.00. The van der Waals surface area contributed by atoms with Crippen LogP contribution in [0.2, 0.25) is 5.02 Å². The summed E-state index contributed by atoms with van der Waals surface area (Å²) in [5, 5.41) is 3.63. The Morgan fingerprint density at radius 2 is 1.55 bits per heavy atom. The summed E-state index contributed by atoms with van der Waals surface area (Å²) in [6.45, 7) is 2.92. The molecule has 3 aromatic rings. The van der Waals surface area contributed by atoms with Crippen molar-refractivity contribution in [3.8, 4) is 0 Å². The van der Waals surface area contributed by atoms with Crippen LogP contribution >= 0.6 is 23.4 Å². The van der Waals surface area contributed by atoms with Gasteiger partial charge in [0.2, 0.25) is 11.8 Å². The molecule has 0 aliphatic carbocycles. The fourth-order valence-corrected chi connectivity index (χ4v) is 4.38. The third-order valence-corrected chi connectivity index (χ3v) is 6.44. The molecule has 6 heteroatoms. The monoisotopic (exact) mass is 480 g/mol. The molecule has 4 nitrogen and oxygen atoms in total. The molecule has 1 atom stereocenters. The molecule has 33 heavy (non-hydrogen) atoms. The quantitative estimate of drug-likeness (QED) is 0.363. The number of carbonyl (C=O) groups excluding carboxylic acids is 2. The second-order valence-corrected chi connectivity index (χ2v) is 9.23. The lowest BCUT2D eigenvalue weighted by molar-refractivity contribution is -0.139. The lowest BCUT2D eigenvalue weighted by atomic mass is 10.0. The van der Waals surface area contributed by atoms with Gasteiger partial charge in [0, 0.05) is 29.4 Å². The van der Waals surface area contributed by atoms with Gasteiger partial charge in [0.25, 0.3) is 0 Å². The second kappa shape index (κ2) is 13.1. The van der Waals surface area contributed by atoms with Crippen molar-refractivity contribution >= 4 is 35.2 Å². The Kier molecular flexibility index (Phi) is 9.85. The first-order valence-electron chi connectivity index (χ1n) is 11.1. The van der Waals surface area contributed by atoms with Crippen molar-refractivity contribution in [2.24, 2.45) is 0 Å². The predicted octanol–water partition coefficient (Wildman–Crippen LogP) is 5.60. The third-order valence-electron chi connectivity index (χ3n) is 5.19. The molecule has 3 rings (SSSR count). The molecule has 0 fully saturated rings. The highest BCUT2D eigenvalue weighted by atomic mass is 35.5. The molecule has 0 aliphatic rings. The summed E-state index contributed by atoms with van der Waals surface area (Å²) >= 11 is 7.54. The van der Waals surface area contributed by atoms with Gasteiger partial charge in [0.15, 0.2) is 0 Å². The van der Waals surface area contributed by atoms with E-state index in [4.69, 9.17) is 11.6 Å². The molecule has 2 amide bonds. The number of nitrogens with one attached hydrogen (secondary N) is 1. The van der Waals surface area contributed by atoms with Crippen LogP contribution in [0.3, 0.4) is 0 Å². The van der Waals surface area contributed by atoms with Crippen LogP contribution in [-0.2, 0) is 22.6 Å². The molecule has 3 aromatic carbocycles. The van der Waals surface area contributed by atoms with Gasteiger partial charge in [0.1, 0.15) is 6.04 Å². The van der Waals surface area contributed by atoms with Gasteiger partial charge in [-0.3, -0.25) is 9.59 Å². The lowest BCUT2D eigenvalue weighted by Gasteiger charge is -2.31. The number of amides is 2. The van der Waals surface area contributed by atoms with Gasteiger partial charge in [0.05, 0.1) is 5.75 Å². The number of carbonyl (C=O) groups is 2. The van der Waals surface area contributed by atoms with E-state index in [2.05, 4.69) is 5.32 Å². The first-order valence-corrected chi connectivity index (χ1v) is 12.5. The van der Waals surface area contributed by atoms with Crippen molar-refractivity contribution < 1.29 is 9.59 Å². The van der Waals surface area contributed by atoms with Gasteiger partial charge in [-0.2, -0.15) is 0 Å². The molecule has 172 valence electrons. The molecule has 0 saturated carbocycles. The van der Waals surface area contributed by atoms with E-state index < -0.39 is 6.04 Å². The van der Waals surface area contributed by atoms with Crippen molar-refractivity contribution in [3.63, 3.8) is 0 Å². The Morgan fingerprint density at radius 3 is 2.18 bits per heavy atom. The first kappa shape index (κ1) is 24.9. The van der Waals surface area contributed by atoms with Gasteiger partial charge in [-0.1, -0.05) is 79.2 Å².